The van der Waals surface area contributed by atoms with E-state index in [1.807, 2.05) is 18.2 Å². The predicted molar refractivity (Wildman–Crippen MR) is 88.0 cm³/mol. The molecule has 0 saturated carbocycles. The van der Waals surface area contributed by atoms with Crippen LogP contribution in [0.4, 0.5) is 10.8 Å². The first-order valence-electron chi connectivity index (χ1n) is 7.37. The SMILES string of the molecule is COCCc1nsc(N2CCN(c3ccccc3O)CC2)n1. The zero-order valence-corrected chi connectivity index (χ0v) is 13.4. The number of anilines is 2. The molecule has 0 radical (unpaired) electrons. The molecule has 0 spiro atoms. The van der Waals surface area contributed by atoms with Crippen LogP contribution in [0.5, 0.6) is 5.75 Å². The van der Waals surface area contributed by atoms with Gasteiger partial charge in [0.1, 0.15) is 11.6 Å². The third-order valence-electron chi connectivity index (χ3n) is 3.76. The summed E-state index contributed by atoms with van der Waals surface area (Å²) in [6.07, 6.45) is 0.755. The Morgan fingerprint density at radius 1 is 1.18 bits per heavy atom. The molecule has 7 heteroatoms. The van der Waals surface area contributed by atoms with Gasteiger partial charge in [-0.25, -0.2) is 4.98 Å². The Bertz CT molecular complexity index is 611. The van der Waals surface area contributed by atoms with Crippen molar-refractivity contribution in [3.8, 4) is 5.75 Å². The molecule has 1 aliphatic heterocycles. The van der Waals surface area contributed by atoms with Crippen LogP contribution >= 0.6 is 11.5 Å². The highest BCUT2D eigenvalue weighted by Gasteiger charge is 2.21. The van der Waals surface area contributed by atoms with Gasteiger partial charge in [-0.05, 0) is 12.1 Å². The fraction of sp³-hybridized carbons (Fsp3) is 0.467. The summed E-state index contributed by atoms with van der Waals surface area (Å²) in [5.41, 5.74) is 0.903. The molecule has 0 unspecified atom stereocenters. The van der Waals surface area contributed by atoms with Gasteiger partial charge in [0.05, 0.1) is 12.3 Å². The normalized spacial score (nSPS) is 15.3. The number of ether oxygens (including phenoxy) is 1. The maximum absolute atomic E-state index is 9.94. The topological polar surface area (TPSA) is 61.7 Å². The quantitative estimate of drug-likeness (QED) is 0.906. The van der Waals surface area contributed by atoms with Crippen LogP contribution in [0.1, 0.15) is 5.82 Å². The first kappa shape index (κ1) is 15.1. The molecule has 1 aliphatic rings. The number of para-hydroxylation sites is 2. The Morgan fingerprint density at radius 2 is 1.91 bits per heavy atom. The number of nitrogens with zero attached hydrogens (tertiary/aromatic N) is 4. The van der Waals surface area contributed by atoms with Gasteiger partial charge in [0.2, 0.25) is 5.13 Å². The Kier molecular flexibility index (Phi) is 4.74. The predicted octanol–water partition coefficient (Wildman–Crippen LogP) is 1.76. The summed E-state index contributed by atoms with van der Waals surface area (Å²) in [4.78, 5) is 9.03. The maximum atomic E-state index is 9.94. The van der Waals surface area contributed by atoms with E-state index < -0.39 is 0 Å². The van der Waals surface area contributed by atoms with Crippen molar-refractivity contribution < 1.29 is 9.84 Å². The van der Waals surface area contributed by atoms with Gasteiger partial charge in [0.15, 0.2) is 0 Å². The molecule has 1 saturated heterocycles. The second kappa shape index (κ2) is 6.93. The van der Waals surface area contributed by atoms with Gasteiger partial charge in [0, 0.05) is 51.2 Å². The minimum atomic E-state index is 0.341. The lowest BCUT2D eigenvalue weighted by molar-refractivity contribution is 0.201. The number of aromatic hydroxyl groups is 1. The van der Waals surface area contributed by atoms with E-state index in [-0.39, 0.29) is 0 Å². The van der Waals surface area contributed by atoms with Crippen LogP contribution in [-0.4, -0.2) is 54.4 Å². The Hall–Kier alpha value is -1.86. The molecule has 0 atom stereocenters. The molecule has 1 aromatic heterocycles. The van der Waals surface area contributed by atoms with Gasteiger partial charge in [-0.1, -0.05) is 12.1 Å². The molecular weight excluding hydrogens is 300 g/mol. The zero-order valence-electron chi connectivity index (χ0n) is 12.6. The molecule has 0 bridgehead atoms. The molecule has 22 heavy (non-hydrogen) atoms. The van der Waals surface area contributed by atoms with E-state index >= 15 is 0 Å². The van der Waals surface area contributed by atoms with Crippen molar-refractivity contribution in [2.24, 2.45) is 0 Å². The van der Waals surface area contributed by atoms with E-state index in [0.717, 1.165) is 49.2 Å². The number of aromatic nitrogens is 2. The second-order valence-corrected chi connectivity index (χ2v) is 5.93. The molecule has 0 aliphatic carbocycles. The molecule has 3 rings (SSSR count). The van der Waals surface area contributed by atoms with Crippen LogP contribution in [0.15, 0.2) is 24.3 Å². The first-order valence-corrected chi connectivity index (χ1v) is 8.14. The first-order chi connectivity index (χ1) is 10.8. The van der Waals surface area contributed by atoms with E-state index in [1.165, 1.54) is 11.5 Å². The summed E-state index contributed by atoms with van der Waals surface area (Å²) < 4.78 is 9.43. The number of hydrogen-bond acceptors (Lipinski definition) is 7. The summed E-state index contributed by atoms with van der Waals surface area (Å²) in [5, 5.41) is 10.9. The summed E-state index contributed by atoms with van der Waals surface area (Å²) in [7, 11) is 1.69. The molecule has 0 amide bonds. The van der Waals surface area contributed by atoms with Crippen LogP contribution in [0, 0.1) is 0 Å². The van der Waals surface area contributed by atoms with Crippen LogP contribution < -0.4 is 9.80 Å². The second-order valence-electron chi connectivity index (χ2n) is 5.20. The smallest absolute Gasteiger partial charge is 0.205 e. The van der Waals surface area contributed by atoms with E-state index in [2.05, 4.69) is 19.2 Å². The minimum absolute atomic E-state index is 0.341. The molecule has 1 aromatic carbocycles. The van der Waals surface area contributed by atoms with Crippen molar-refractivity contribution in [1.82, 2.24) is 9.36 Å². The number of rotatable bonds is 5. The highest BCUT2D eigenvalue weighted by atomic mass is 32.1. The lowest BCUT2D eigenvalue weighted by Gasteiger charge is -2.35. The van der Waals surface area contributed by atoms with Gasteiger partial charge in [0.25, 0.3) is 0 Å². The number of phenolic OH excluding ortho intramolecular Hbond substituents is 1. The van der Waals surface area contributed by atoms with Crippen molar-refractivity contribution in [3.05, 3.63) is 30.1 Å². The maximum Gasteiger partial charge on any atom is 0.205 e. The largest absolute Gasteiger partial charge is 0.506 e. The highest BCUT2D eigenvalue weighted by Crippen LogP contribution is 2.28. The number of methoxy groups -OCH3 is 1. The van der Waals surface area contributed by atoms with Crippen LogP contribution in [-0.2, 0) is 11.2 Å². The lowest BCUT2D eigenvalue weighted by atomic mass is 10.2. The van der Waals surface area contributed by atoms with Gasteiger partial charge >= 0.3 is 0 Å². The Balaban J connectivity index is 1.60. The van der Waals surface area contributed by atoms with Crippen molar-refractivity contribution in [1.29, 1.82) is 0 Å². The van der Waals surface area contributed by atoms with E-state index in [4.69, 9.17) is 4.74 Å². The fourth-order valence-electron chi connectivity index (χ4n) is 2.54. The molecule has 2 aromatic rings. The van der Waals surface area contributed by atoms with Gasteiger partial charge in [-0.3, -0.25) is 0 Å². The average molecular weight is 320 g/mol. The van der Waals surface area contributed by atoms with Crippen LogP contribution in [0.25, 0.3) is 0 Å². The van der Waals surface area contributed by atoms with Crippen LogP contribution in [0.2, 0.25) is 0 Å². The number of phenols is 1. The fourth-order valence-corrected chi connectivity index (χ4v) is 3.30. The standard InChI is InChI=1S/C15H20N4O2S/c1-21-11-6-14-16-15(22-17-14)19-9-7-18(8-10-19)12-4-2-3-5-13(12)20/h2-5,20H,6-11H2,1H3. The Morgan fingerprint density at radius 3 is 2.64 bits per heavy atom. The van der Waals surface area contributed by atoms with Crippen molar-refractivity contribution >= 4 is 22.4 Å². The molecule has 1 fully saturated rings. The molecular formula is C15H20N4O2S. The summed E-state index contributed by atoms with van der Waals surface area (Å²) in [6, 6.07) is 7.49. The Labute approximate surface area is 134 Å². The summed E-state index contributed by atoms with van der Waals surface area (Å²) in [5.74, 6) is 1.19. The van der Waals surface area contributed by atoms with Crippen LogP contribution in [0.3, 0.4) is 0 Å². The van der Waals surface area contributed by atoms with E-state index in [1.54, 1.807) is 13.2 Å². The zero-order chi connectivity index (χ0) is 15.4. The average Bonchev–Trinajstić information content (AvgIpc) is 3.02. The van der Waals surface area contributed by atoms with E-state index in [9.17, 15) is 5.11 Å². The third kappa shape index (κ3) is 3.31. The lowest BCUT2D eigenvalue weighted by Crippen LogP contribution is -2.46. The molecule has 6 nitrogen and oxygen atoms in total. The van der Waals surface area contributed by atoms with E-state index in [0.29, 0.717) is 12.4 Å². The number of hydrogen-bond donors (Lipinski definition) is 1. The molecule has 118 valence electrons. The summed E-state index contributed by atoms with van der Waals surface area (Å²) >= 11 is 1.45. The van der Waals surface area contributed by atoms with Crippen molar-refractivity contribution in [2.45, 2.75) is 6.42 Å². The van der Waals surface area contributed by atoms with Gasteiger partial charge in [-0.15, -0.1) is 0 Å². The molecule has 2 heterocycles. The minimum Gasteiger partial charge on any atom is -0.506 e. The van der Waals surface area contributed by atoms with Gasteiger partial charge < -0.3 is 19.6 Å². The van der Waals surface area contributed by atoms with Crippen molar-refractivity contribution in [3.63, 3.8) is 0 Å². The third-order valence-corrected chi connectivity index (χ3v) is 4.57. The number of piperazine rings is 1. The van der Waals surface area contributed by atoms with Crippen molar-refractivity contribution in [2.75, 3.05) is 49.7 Å². The number of benzene rings is 1. The molecule has 1 N–H and O–H groups in total. The highest BCUT2D eigenvalue weighted by molar-refractivity contribution is 7.09. The van der Waals surface area contributed by atoms with Gasteiger partial charge in [-0.2, -0.15) is 4.37 Å². The monoisotopic (exact) mass is 320 g/mol. The summed E-state index contributed by atoms with van der Waals surface area (Å²) in [6.45, 7) is 4.15.